The average molecular weight is 247 g/mol. The first-order valence-electron chi connectivity index (χ1n) is 5.07. The van der Waals surface area contributed by atoms with E-state index >= 15 is 0 Å². The number of hydrogen-bond acceptors (Lipinski definition) is 3. The van der Waals surface area contributed by atoms with Crippen molar-refractivity contribution >= 4 is 23.0 Å². The number of nitrogens with zero attached hydrogens (tertiary/aromatic N) is 3. The van der Waals surface area contributed by atoms with Gasteiger partial charge in [0, 0.05) is 18.3 Å². The maximum absolute atomic E-state index is 9.01. The summed E-state index contributed by atoms with van der Waals surface area (Å²) in [6.07, 6.45) is 1.86. The summed E-state index contributed by atoms with van der Waals surface area (Å²) in [7, 11) is 1.85. The van der Waals surface area contributed by atoms with Gasteiger partial charge in [0.05, 0.1) is 22.6 Å². The number of anilines is 2. The zero-order chi connectivity index (χ0) is 12.4. The summed E-state index contributed by atoms with van der Waals surface area (Å²) in [5, 5.41) is 17.0. The summed E-state index contributed by atoms with van der Waals surface area (Å²) in [4.78, 5) is 0. The van der Waals surface area contributed by atoms with E-state index in [-0.39, 0.29) is 0 Å². The molecular weight excluding hydrogens is 236 g/mol. The minimum absolute atomic E-state index is 0.553. The van der Waals surface area contributed by atoms with E-state index in [9.17, 15) is 0 Å². The lowest BCUT2D eigenvalue weighted by Crippen LogP contribution is -1.94. The Morgan fingerprint density at radius 1 is 1.41 bits per heavy atom. The second-order valence-corrected chi connectivity index (χ2v) is 4.16. The van der Waals surface area contributed by atoms with Crippen molar-refractivity contribution in [1.29, 1.82) is 5.26 Å². The Kier molecular flexibility index (Phi) is 3.03. The number of nitrogens with one attached hydrogen (secondary N) is 1. The molecule has 17 heavy (non-hydrogen) atoms. The van der Waals surface area contributed by atoms with Crippen molar-refractivity contribution in [2.45, 2.75) is 6.92 Å². The fraction of sp³-hybridized carbons (Fsp3) is 0.167. The minimum atomic E-state index is 0.553. The van der Waals surface area contributed by atoms with Gasteiger partial charge in [-0.2, -0.15) is 10.4 Å². The highest BCUT2D eigenvalue weighted by molar-refractivity contribution is 6.30. The van der Waals surface area contributed by atoms with Crippen LogP contribution in [0.15, 0.2) is 24.4 Å². The Morgan fingerprint density at radius 3 is 2.76 bits per heavy atom. The van der Waals surface area contributed by atoms with E-state index in [2.05, 4.69) is 16.5 Å². The van der Waals surface area contributed by atoms with Gasteiger partial charge in [0.25, 0.3) is 0 Å². The Labute approximate surface area is 104 Å². The van der Waals surface area contributed by atoms with Crippen LogP contribution in [-0.4, -0.2) is 9.78 Å². The highest BCUT2D eigenvalue weighted by Gasteiger charge is 2.07. The second-order valence-electron chi connectivity index (χ2n) is 3.73. The van der Waals surface area contributed by atoms with Gasteiger partial charge in [-0.05, 0) is 25.1 Å². The van der Waals surface area contributed by atoms with Crippen molar-refractivity contribution in [1.82, 2.24) is 9.78 Å². The van der Waals surface area contributed by atoms with E-state index in [1.54, 1.807) is 22.9 Å². The highest BCUT2D eigenvalue weighted by atomic mass is 35.5. The van der Waals surface area contributed by atoms with Gasteiger partial charge in [-0.3, -0.25) is 4.68 Å². The molecular formula is C12H11ClN4. The molecule has 0 saturated carbocycles. The summed E-state index contributed by atoms with van der Waals surface area (Å²) >= 11 is 5.91. The molecule has 0 amide bonds. The van der Waals surface area contributed by atoms with Gasteiger partial charge in [-0.25, -0.2) is 0 Å². The summed E-state index contributed by atoms with van der Waals surface area (Å²) in [5.41, 5.74) is 2.98. The number of aromatic nitrogens is 2. The molecule has 0 bridgehead atoms. The molecule has 0 aliphatic rings. The largest absolute Gasteiger partial charge is 0.352 e. The van der Waals surface area contributed by atoms with Crippen LogP contribution in [0.4, 0.5) is 11.4 Å². The van der Waals surface area contributed by atoms with Crippen molar-refractivity contribution in [2.75, 3.05) is 5.32 Å². The van der Waals surface area contributed by atoms with E-state index in [1.807, 2.05) is 20.2 Å². The minimum Gasteiger partial charge on any atom is -0.352 e. The standard InChI is InChI=1S/C12H11ClN4/c1-8-12(7-17(2)16-8)15-11-5-10(13)4-3-9(11)6-14/h3-5,7,15H,1-2H3. The lowest BCUT2D eigenvalue weighted by Gasteiger charge is -2.07. The van der Waals surface area contributed by atoms with Gasteiger partial charge in [0.1, 0.15) is 6.07 Å². The van der Waals surface area contributed by atoms with Crippen LogP contribution >= 0.6 is 11.6 Å². The lowest BCUT2D eigenvalue weighted by molar-refractivity contribution is 0.756. The summed E-state index contributed by atoms with van der Waals surface area (Å²) in [6.45, 7) is 1.90. The topological polar surface area (TPSA) is 53.6 Å². The lowest BCUT2D eigenvalue weighted by atomic mass is 10.2. The molecule has 1 aromatic carbocycles. The number of aryl methyl sites for hydroxylation is 2. The van der Waals surface area contributed by atoms with Gasteiger partial charge >= 0.3 is 0 Å². The monoisotopic (exact) mass is 246 g/mol. The third kappa shape index (κ3) is 2.40. The molecule has 0 fully saturated rings. The summed E-state index contributed by atoms with van der Waals surface area (Å²) in [6, 6.07) is 7.24. The smallest absolute Gasteiger partial charge is 0.101 e. The van der Waals surface area contributed by atoms with Crippen LogP contribution in [0.5, 0.6) is 0 Å². The number of nitriles is 1. The van der Waals surface area contributed by atoms with Crippen LogP contribution in [0.25, 0.3) is 0 Å². The predicted molar refractivity (Wildman–Crippen MR) is 67.4 cm³/mol. The van der Waals surface area contributed by atoms with Gasteiger partial charge in [0.2, 0.25) is 0 Å². The van der Waals surface area contributed by atoms with E-state index in [1.165, 1.54) is 0 Å². The number of halogens is 1. The van der Waals surface area contributed by atoms with Crippen molar-refractivity contribution in [2.24, 2.45) is 7.05 Å². The third-order valence-electron chi connectivity index (χ3n) is 2.38. The normalized spacial score (nSPS) is 10.0. The fourth-order valence-electron chi connectivity index (χ4n) is 1.58. The van der Waals surface area contributed by atoms with Gasteiger partial charge in [-0.15, -0.1) is 0 Å². The molecule has 0 aliphatic carbocycles. The first-order chi connectivity index (χ1) is 8.10. The van der Waals surface area contributed by atoms with E-state index in [0.29, 0.717) is 16.3 Å². The summed E-state index contributed by atoms with van der Waals surface area (Å²) < 4.78 is 1.72. The third-order valence-corrected chi connectivity index (χ3v) is 2.62. The zero-order valence-electron chi connectivity index (χ0n) is 9.53. The molecule has 0 atom stereocenters. The quantitative estimate of drug-likeness (QED) is 0.886. The second kappa shape index (κ2) is 4.48. The molecule has 2 aromatic rings. The maximum Gasteiger partial charge on any atom is 0.101 e. The van der Waals surface area contributed by atoms with Crippen molar-refractivity contribution in [3.8, 4) is 6.07 Å². The van der Waals surface area contributed by atoms with Crippen molar-refractivity contribution < 1.29 is 0 Å². The van der Waals surface area contributed by atoms with Crippen molar-refractivity contribution in [3.63, 3.8) is 0 Å². The molecule has 0 saturated heterocycles. The van der Waals surface area contributed by atoms with Crippen LogP contribution in [0, 0.1) is 18.3 Å². The Bertz CT molecular complexity index is 595. The Morgan fingerprint density at radius 2 is 2.18 bits per heavy atom. The van der Waals surface area contributed by atoms with Crippen molar-refractivity contribution in [3.05, 3.63) is 40.7 Å². The van der Waals surface area contributed by atoms with E-state index < -0.39 is 0 Å². The molecule has 0 spiro atoms. The van der Waals surface area contributed by atoms with Crippen LogP contribution in [0.1, 0.15) is 11.3 Å². The molecule has 0 aliphatic heterocycles. The zero-order valence-corrected chi connectivity index (χ0v) is 10.3. The average Bonchev–Trinajstić information content (AvgIpc) is 2.58. The van der Waals surface area contributed by atoms with E-state index in [0.717, 1.165) is 11.4 Å². The van der Waals surface area contributed by atoms with Gasteiger partial charge in [-0.1, -0.05) is 11.6 Å². The van der Waals surface area contributed by atoms with Crippen LogP contribution in [0.3, 0.4) is 0 Å². The summed E-state index contributed by atoms with van der Waals surface area (Å²) in [5.74, 6) is 0. The molecule has 0 unspecified atom stereocenters. The molecule has 1 aromatic heterocycles. The number of rotatable bonds is 2. The Hall–Kier alpha value is -1.99. The molecule has 5 heteroatoms. The highest BCUT2D eigenvalue weighted by Crippen LogP contribution is 2.25. The molecule has 86 valence electrons. The molecule has 1 heterocycles. The number of benzene rings is 1. The number of hydrogen-bond donors (Lipinski definition) is 1. The van der Waals surface area contributed by atoms with Gasteiger partial charge in [0.15, 0.2) is 0 Å². The molecule has 2 rings (SSSR count). The SMILES string of the molecule is Cc1nn(C)cc1Nc1cc(Cl)ccc1C#N. The van der Waals surface area contributed by atoms with Gasteiger partial charge < -0.3 is 5.32 Å². The first-order valence-corrected chi connectivity index (χ1v) is 5.45. The predicted octanol–water partition coefficient (Wildman–Crippen LogP) is 3.00. The first kappa shape index (κ1) is 11.5. The molecule has 0 radical (unpaired) electrons. The van der Waals surface area contributed by atoms with Crippen LogP contribution in [-0.2, 0) is 7.05 Å². The Balaban J connectivity index is 2.39. The molecule has 1 N–H and O–H groups in total. The fourth-order valence-corrected chi connectivity index (χ4v) is 1.76. The van der Waals surface area contributed by atoms with Crippen LogP contribution in [0.2, 0.25) is 5.02 Å². The van der Waals surface area contributed by atoms with E-state index in [4.69, 9.17) is 16.9 Å². The maximum atomic E-state index is 9.01. The van der Waals surface area contributed by atoms with Crippen LogP contribution < -0.4 is 5.32 Å². The molecule has 4 nitrogen and oxygen atoms in total.